The number of ether oxygens (including phenoxy) is 2. The molecule has 0 aromatic heterocycles. The molecule has 0 amide bonds. The van der Waals surface area contributed by atoms with Crippen molar-refractivity contribution >= 4 is 66.6 Å². The second-order valence-corrected chi connectivity index (χ2v) is 8.93. The van der Waals surface area contributed by atoms with Gasteiger partial charge in [0.2, 0.25) is 5.12 Å². The van der Waals surface area contributed by atoms with E-state index in [1.165, 1.54) is 11.8 Å². The molecule has 1 aliphatic heterocycles. The summed E-state index contributed by atoms with van der Waals surface area (Å²) in [6.07, 6.45) is 1.75. The van der Waals surface area contributed by atoms with Crippen molar-refractivity contribution in [1.82, 2.24) is 0 Å². The van der Waals surface area contributed by atoms with E-state index in [4.69, 9.17) is 21.1 Å². The number of hydrogen-bond acceptors (Lipinski definition) is 6. The van der Waals surface area contributed by atoms with Crippen LogP contribution in [0.1, 0.15) is 11.1 Å². The van der Waals surface area contributed by atoms with E-state index in [1.807, 2.05) is 36.4 Å². The molecule has 3 rings (SSSR count). The van der Waals surface area contributed by atoms with Gasteiger partial charge in [-0.05, 0) is 69.2 Å². The third-order valence-electron chi connectivity index (χ3n) is 3.64. The largest absolute Gasteiger partial charge is 0.493 e. The van der Waals surface area contributed by atoms with E-state index in [0.29, 0.717) is 22.2 Å². The molecule has 0 bridgehead atoms. The molecule has 0 atom stereocenters. The Morgan fingerprint density at radius 3 is 2.63 bits per heavy atom. The maximum Gasteiger partial charge on any atom is 0.244 e. The second-order valence-electron chi connectivity index (χ2n) is 5.45. The van der Waals surface area contributed by atoms with E-state index in [9.17, 15) is 4.79 Å². The summed E-state index contributed by atoms with van der Waals surface area (Å²) in [5, 5.41) is 0.636. The van der Waals surface area contributed by atoms with Crippen LogP contribution in [0.3, 0.4) is 0 Å². The lowest BCUT2D eigenvalue weighted by atomic mass is 10.1. The Kier molecular flexibility index (Phi) is 6.92. The molecule has 2 aromatic rings. The fourth-order valence-electron chi connectivity index (χ4n) is 2.36. The van der Waals surface area contributed by atoms with Crippen LogP contribution in [0, 0.1) is 0 Å². The zero-order valence-electron chi connectivity index (χ0n) is 14.5. The van der Waals surface area contributed by atoms with Crippen LogP contribution in [0.5, 0.6) is 11.5 Å². The number of aliphatic imine (C=N–C) groups is 1. The van der Waals surface area contributed by atoms with Crippen molar-refractivity contribution in [2.75, 3.05) is 14.2 Å². The zero-order chi connectivity index (χ0) is 19.4. The molecule has 140 valence electrons. The first-order chi connectivity index (χ1) is 13.0. The highest BCUT2D eigenvalue weighted by molar-refractivity contribution is 9.10. The fourth-order valence-corrected chi connectivity index (χ4v) is 4.90. The molecular weight excluding hydrogens is 470 g/mol. The van der Waals surface area contributed by atoms with Gasteiger partial charge < -0.3 is 9.47 Å². The molecule has 27 heavy (non-hydrogen) atoms. The highest BCUT2D eigenvalue weighted by Gasteiger charge is 2.23. The van der Waals surface area contributed by atoms with Crippen molar-refractivity contribution in [2.24, 2.45) is 4.99 Å². The van der Waals surface area contributed by atoms with Gasteiger partial charge in [-0.15, -0.1) is 0 Å². The fraction of sp³-hybridized carbons (Fsp3) is 0.158. The van der Waals surface area contributed by atoms with Gasteiger partial charge in [0.1, 0.15) is 10.1 Å². The van der Waals surface area contributed by atoms with E-state index in [1.54, 1.807) is 20.3 Å². The predicted molar refractivity (Wildman–Crippen MR) is 118 cm³/mol. The number of thioether (sulfide) groups is 2. The highest BCUT2D eigenvalue weighted by Crippen LogP contribution is 2.38. The van der Waals surface area contributed by atoms with Crippen molar-refractivity contribution < 1.29 is 14.3 Å². The first kappa shape index (κ1) is 20.3. The van der Waals surface area contributed by atoms with Crippen LogP contribution in [0.2, 0.25) is 5.02 Å². The first-order valence-electron chi connectivity index (χ1n) is 7.81. The quantitative estimate of drug-likeness (QED) is 0.485. The van der Waals surface area contributed by atoms with Gasteiger partial charge in [0.25, 0.3) is 0 Å². The van der Waals surface area contributed by atoms with Crippen LogP contribution in [0.25, 0.3) is 6.08 Å². The topological polar surface area (TPSA) is 47.9 Å². The Bertz CT molecular complexity index is 929. The van der Waals surface area contributed by atoms with E-state index >= 15 is 0 Å². The van der Waals surface area contributed by atoms with E-state index < -0.39 is 0 Å². The molecule has 0 aliphatic carbocycles. The molecule has 4 nitrogen and oxygen atoms in total. The van der Waals surface area contributed by atoms with Crippen molar-refractivity contribution in [1.29, 1.82) is 0 Å². The summed E-state index contributed by atoms with van der Waals surface area (Å²) < 4.78 is 12.1. The van der Waals surface area contributed by atoms with Crippen LogP contribution < -0.4 is 9.47 Å². The Morgan fingerprint density at radius 1 is 1.22 bits per heavy atom. The standard InChI is InChI=1S/C19H15BrClNO3S2/c1-24-16-9-12(7-14(20)17(16)25-2)8-15-18(23)27-19(22-15)26-10-11-3-5-13(21)6-4-11/h3-9H,10H2,1-2H3/b15-8+. The molecule has 0 spiro atoms. The Morgan fingerprint density at radius 2 is 1.96 bits per heavy atom. The summed E-state index contributed by atoms with van der Waals surface area (Å²) in [7, 11) is 3.15. The Hall–Kier alpha value is -1.41. The maximum absolute atomic E-state index is 12.3. The minimum Gasteiger partial charge on any atom is -0.493 e. The summed E-state index contributed by atoms with van der Waals surface area (Å²) in [4.78, 5) is 16.8. The molecule has 0 fully saturated rings. The van der Waals surface area contributed by atoms with Crippen LogP contribution in [-0.2, 0) is 10.5 Å². The number of hydrogen-bond donors (Lipinski definition) is 0. The molecule has 0 N–H and O–H groups in total. The number of halogens is 2. The molecular formula is C19H15BrClNO3S2. The SMILES string of the molecule is COc1cc(/C=C2/N=C(SCc3ccc(Cl)cc3)SC2=O)cc(Br)c1OC. The Balaban J connectivity index is 1.77. The monoisotopic (exact) mass is 483 g/mol. The first-order valence-corrected chi connectivity index (χ1v) is 10.8. The van der Waals surface area contributed by atoms with Gasteiger partial charge in [-0.1, -0.05) is 35.5 Å². The van der Waals surface area contributed by atoms with Gasteiger partial charge in [-0.25, -0.2) is 4.99 Å². The third kappa shape index (κ3) is 5.10. The van der Waals surface area contributed by atoms with Gasteiger partial charge in [-0.2, -0.15) is 0 Å². The van der Waals surface area contributed by atoms with E-state index in [2.05, 4.69) is 20.9 Å². The van der Waals surface area contributed by atoms with Crippen LogP contribution in [0.4, 0.5) is 0 Å². The van der Waals surface area contributed by atoms with Gasteiger partial charge in [0.05, 0.1) is 18.7 Å². The summed E-state index contributed by atoms with van der Waals surface area (Å²) in [5.41, 5.74) is 2.34. The summed E-state index contributed by atoms with van der Waals surface area (Å²) in [5.74, 6) is 1.92. The predicted octanol–water partition coefficient (Wildman–Crippen LogP) is 6.02. The number of benzene rings is 2. The number of carbonyl (C=O) groups excluding carboxylic acids is 1. The van der Waals surface area contributed by atoms with Crippen LogP contribution >= 0.6 is 51.1 Å². The van der Waals surface area contributed by atoms with Gasteiger partial charge in [-0.3, -0.25) is 4.79 Å². The molecule has 0 unspecified atom stereocenters. The van der Waals surface area contributed by atoms with Crippen molar-refractivity contribution in [2.45, 2.75) is 5.75 Å². The molecule has 1 heterocycles. The van der Waals surface area contributed by atoms with E-state index in [-0.39, 0.29) is 5.12 Å². The number of methoxy groups -OCH3 is 2. The summed E-state index contributed by atoms with van der Waals surface area (Å²) in [6.45, 7) is 0. The van der Waals surface area contributed by atoms with Crippen LogP contribution in [-0.4, -0.2) is 23.7 Å². The van der Waals surface area contributed by atoms with Gasteiger partial charge in [0, 0.05) is 10.8 Å². The molecule has 0 saturated carbocycles. The van der Waals surface area contributed by atoms with Crippen LogP contribution in [0.15, 0.2) is 51.6 Å². The molecule has 2 aromatic carbocycles. The van der Waals surface area contributed by atoms with Crippen molar-refractivity contribution in [3.8, 4) is 11.5 Å². The zero-order valence-corrected chi connectivity index (χ0v) is 18.5. The van der Waals surface area contributed by atoms with Gasteiger partial charge >= 0.3 is 0 Å². The lowest BCUT2D eigenvalue weighted by Crippen LogP contribution is -1.93. The molecule has 0 radical (unpaired) electrons. The number of nitrogens with zero attached hydrogens (tertiary/aromatic N) is 1. The van der Waals surface area contributed by atoms with Crippen molar-refractivity contribution in [3.05, 3.63) is 62.7 Å². The average molecular weight is 485 g/mol. The smallest absolute Gasteiger partial charge is 0.244 e. The second kappa shape index (κ2) is 9.19. The minimum absolute atomic E-state index is 0.0699. The number of carbonyl (C=O) groups is 1. The third-order valence-corrected chi connectivity index (χ3v) is 6.56. The Labute approximate surface area is 179 Å². The lowest BCUT2D eigenvalue weighted by molar-refractivity contribution is -0.107. The summed E-state index contributed by atoms with van der Waals surface area (Å²) >= 11 is 12.0. The average Bonchev–Trinajstić information content (AvgIpc) is 3.00. The molecule has 0 saturated heterocycles. The molecule has 8 heteroatoms. The lowest BCUT2D eigenvalue weighted by Gasteiger charge is -2.10. The van der Waals surface area contributed by atoms with E-state index in [0.717, 1.165) is 37.5 Å². The van der Waals surface area contributed by atoms with Gasteiger partial charge in [0.15, 0.2) is 11.5 Å². The minimum atomic E-state index is -0.0699. The highest BCUT2D eigenvalue weighted by atomic mass is 79.9. The van der Waals surface area contributed by atoms with Crippen molar-refractivity contribution in [3.63, 3.8) is 0 Å². The number of rotatable bonds is 5. The maximum atomic E-state index is 12.3. The normalized spacial score (nSPS) is 15.2. The summed E-state index contributed by atoms with van der Waals surface area (Å²) in [6, 6.07) is 11.3. The molecule has 1 aliphatic rings.